The quantitative estimate of drug-likeness (QED) is 0.781. The predicted octanol–water partition coefficient (Wildman–Crippen LogP) is 3.85. The molecule has 6 heteroatoms. The van der Waals surface area contributed by atoms with Crippen molar-refractivity contribution in [1.29, 1.82) is 0 Å². The summed E-state index contributed by atoms with van der Waals surface area (Å²) in [6, 6.07) is 2.16. The van der Waals surface area contributed by atoms with Crippen LogP contribution in [0.3, 0.4) is 0 Å². The number of fused-ring (bicyclic) bond motifs is 3. The van der Waals surface area contributed by atoms with Crippen LogP contribution < -0.4 is 5.73 Å². The van der Waals surface area contributed by atoms with E-state index in [0.29, 0.717) is 5.82 Å². The molecule has 0 saturated heterocycles. The molecule has 0 atom stereocenters. The first-order chi connectivity index (χ1) is 11.2. The van der Waals surface area contributed by atoms with E-state index < -0.39 is 0 Å². The molecule has 120 valence electrons. The van der Waals surface area contributed by atoms with Crippen molar-refractivity contribution in [2.24, 2.45) is 0 Å². The topological polar surface area (TPSA) is 55.0 Å². The van der Waals surface area contributed by atoms with Crippen LogP contribution in [-0.2, 0) is 25.9 Å². The van der Waals surface area contributed by atoms with Crippen molar-refractivity contribution in [2.45, 2.75) is 38.8 Å². The van der Waals surface area contributed by atoms with Gasteiger partial charge in [0.15, 0.2) is 0 Å². The molecule has 23 heavy (non-hydrogen) atoms. The van der Waals surface area contributed by atoms with Gasteiger partial charge in [-0.3, -0.25) is 4.90 Å². The minimum Gasteiger partial charge on any atom is -0.383 e. The van der Waals surface area contributed by atoms with Gasteiger partial charge in [-0.2, -0.15) is 11.3 Å². The SMILES string of the molecule is CN(Cc1ccsc1)Cc1nc(N)c2c3c(sc2n1)CCCC3. The Morgan fingerprint density at radius 2 is 2.09 bits per heavy atom. The molecule has 0 unspecified atom stereocenters. The normalized spacial score (nSPS) is 14.5. The number of rotatable bonds is 4. The van der Waals surface area contributed by atoms with Crippen LogP contribution in [0.25, 0.3) is 10.2 Å². The Kier molecular flexibility index (Phi) is 4.05. The first-order valence-electron chi connectivity index (χ1n) is 7.97. The molecule has 3 aromatic heterocycles. The largest absolute Gasteiger partial charge is 0.383 e. The van der Waals surface area contributed by atoms with Crippen molar-refractivity contribution in [2.75, 3.05) is 12.8 Å². The standard InChI is InChI=1S/C17H20N4S2/c1-21(8-11-6-7-22-10-11)9-14-19-16(18)15-12-4-2-3-5-13(12)23-17(15)20-14/h6-7,10H,2-5,8-9H2,1H3,(H2,18,19,20). The number of nitrogens with zero attached hydrogens (tertiary/aromatic N) is 3. The minimum absolute atomic E-state index is 0.660. The maximum absolute atomic E-state index is 6.28. The van der Waals surface area contributed by atoms with Crippen LogP contribution >= 0.6 is 22.7 Å². The van der Waals surface area contributed by atoms with Gasteiger partial charge in [0.1, 0.15) is 16.5 Å². The molecule has 0 spiro atoms. The summed E-state index contributed by atoms with van der Waals surface area (Å²) in [6.07, 6.45) is 4.83. The molecule has 0 bridgehead atoms. The fraction of sp³-hybridized carbons (Fsp3) is 0.412. The zero-order chi connectivity index (χ0) is 15.8. The van der Waals surface area contributed by atoms with Gasteiger partial charge < -0.3 is 5.73 Å². The number of aryl methyl sites for hydroxylation is 2. The average molecular weight is 345 g/mol. The van der Waals surface area contributed by atoms with E-state index in [0.717, 1.165) is 35.6 Å². The highest BCUT2D eigenvalue weighted by Crippen LogP contribution is 2.37. The van der Waals surface area contributed by atoms with Crippen molar-refractivity contribution in [3.05, 3.63) is 38.7 Å². The van der Waals surface area contributed by atoms with Crippen molar-refractivity contribution in [3.63, 3.8) is 0 Å². The monoisotopic (exact) mass is 344 g/mol. The Bertz CT molecular complexity index is 823. The van der Waals surface area contributed by atoms with Gasteiger partial charge in [-0.1, -0.05) is 0 Å². The van der Waals surface area contributed by atoms with Crippen LogP contribution in [0.1, 0.15) is 34.7 Å². The molecular formula is C17H20N4S2. The van der Waals surface area contributed by atoms with E-state index in [1.165, 1.54) is 35.3 Å². The molecule has 0 aromatic carbocycles. The summed E-state index contributed by atoms with van der Waals surface area (Å²) in [7, 11) is 2.10. The number of nitrogens with two attached hydrogens (primary N) is 1. The fourth-order valence-electron chi connectivity index (χ4n) is 3.29. The van der Waals surface area contributed by atoms with E-state index in [1.54, 1.807) is 11.3 Å². The zero-order valence-electron chi connectivity index (χ0n) is 13.2. The summed E-state index contributed by atoms with van der Waals surface area (Å²) in [5, 5.41) is 5.41. The lowest BCUT2D eigenvalue weighted by atomic mass is 9.97. The number of anilines is 1. The highest BCUT2D eigenvalue weighted by atomic mass is 32.1. The fourth-order valence-corrected chi connectivity index (χ4v) is 5.24. The van der Waals surface area contributed by atoms with E-state index >= 15 is 0 Å². The molecule has 0 radical (unpaired) electrons. The van der Waals surface area contributed by atoms with E-state index in [4.69, 9.17) is 10.7 Å². The van der Waals surface area contributed by atoms with Gasteiger partial charge in [0.25, 0.3) is 0 Å². The van der Waals surface area contributed by atoms with E-state index in [2.05, 4.69) is 33.8 Å². The third-order valence-electron chi connectivity index (χ3n) is 4.33. The molecule has 3 aromatic rings. The van der Waals surface area contributed by atoms with Gasteiger partial charge in [0, 0.05) is 11.4 Å². The van der Waals surface area contributed by atoms with E-state index in [1.807, 2.05) is 11.3 Å². The Morgan fingerprint density at radius 3 is 2.91 bits per heavy atom. The number of thiophene rings is 2. The van der Waals surface area contributed by atoms with Gasteiger partial charge in [-0.05, 0) is 60.7 Å². The third-order valence-corrected chi connectivity index (χ3v) is 6.25. The lowest BCUT2D eigenvalue weighted by Gasteiger charge is -2.15. The average Bonchev–Trinajstić information content (AvgIpc) is 3.13. The van der Waals surface area contributed by atoms with Gasteiger partial charge >= 0.3 is 0 Å². The summed E-state index contributed by atoms with van der Waals surface area (Å²) in [5.41, 5.74) is 9.02. The van der Waals surface area contributed by atoms with Gasteiger partial charge in [0.05, 0.1) is 11.9 Å². The maximum atomic E-state index is 6.28. The number of aromatic nitrogens is 2. The molecule has 0 amide bonds. The van der Waals surface area contributed by atoms with E-state index in [9.17, 15) is 0 Å². The van der Waals surface area contributed by atoms with Crippen molar-refractivity contribution < 1.29 is 0 Å². The first-order valence-corrected chi connectivity index (χ1v) is 9.73. The Balaban J connectivity index is 1.61. The van der Waals surface area contributed by atoms with Crippen LogP contribution in [0.15, 0.2) is 16.8 Å². The lowest BCUT2D eigenvalue weighted by Crippen LogP contribution is -2.19. The van der Waals surface area contributed by atoms with Crippen molar-refractivity contribution in [1.82, 2.24) is 14.9 Å². The predicted molar refractivity (Wildman–Crippen MR) is 98.0 cm³/mol. The molecule has 3 heterocycles. The maximum Gasteiger partial charge on any atom is 0.146 e. The molecular weight excluding hydrogens is 324 g/mol. The van der Waals surface area contributed by atoms with Gasteiger partial charge in [-0.25, -0.2) is 9.97 Å². The second-order valence-electron chi connectivity index (χ2n) is 6.22. The number of hydrogen-bond acceptors (Lipinski definition) is 6. The highest BCUT2D eigenvalue weighted by Gasteiger charge is 2.20. The molecule has 4 rings (SSSR count). The Hall–Kier alpha value is -1.50. The summed E-state index contributed by atoms with van der Waals surface area (Å²) in [4.78, 5) is 14.2. The van der Waals surface area contributed by atoms with Crippen LogP contribution in [-0.4, -0.2) is 21.9 Å². The molecule has 2 N–H and O–H groups in total. The highest BCUT2D eigenvalue weighted by molar-refractivity contribution is 7.19. The summed E-state index contributed by atoms with van der Waals surface area (Å²) in [5.74, 6) is 1.49. The summed E-state index contributed by atoms with van der Waals surface area (Å²) >= 11 is 3.54. The van der Waals surface area contributed by atoms with Crippen molar-refractivity contribution in [3.8, 4) is 0 Å². The smallest absolute Gasteiger partial charge is 0.146 e. The van der Waals surface area contributed by atoms with Gasteiger partial charge in [-0.15, -0.1) is 11.3 Å². The van der Waals surface area contributed by atoms with Crippen LogP contribution in [0.2, 0.25) is 0 Å². The van der Waals surface area contributed by atoms with E-state index in [-0.39, 0.29) is 0 Å². The van der Waals surface area contributed by atoms with Crippen LogP contribution in [0, 0.1) is 0 Å². The second-order valence-corrected chi connectivity index (χ2v) is 8.08. The molecule has 4 nitrogen and oxygen atoms in total. The Morgan fingerprint density at radius 1 is 1.22 bits per heavy atom. The molecule has 1 aliphatic rings. The number of nitrogen functional groups attached to an aromatic ring is 1. The Labute approximate surface area is 144 Å². The third kappa shape index (κ3) is 2.98. The lowest BCUT2D eigenvalue weighted by molar-refractivity contribution is 0.311. The first kappa shape index (κ1) is 15.1. The summed E-state index contributed by atoms with van der Waals surface area (Å²) in [6.45, 7) is 1.63. The van der Waals surface area contributed by atoms with Crippen molar-refractivity contribution >= 4 is 38.7 Å². The summed E-state index contributed by atoms with van der Waals surface area (Å²) < 4.78 is 0. The number of hydrogen-bond donors (Lipinski definition) is 1. The zero-order valence-corrected chi connectivity index (χ0v) is 14.8. The molecule has 1 aliphatic carbocycles. The minimum atomic E-state index is 0.660. The molecule has 0 saturated carbocycles. The molecule has 0 aliphatic heterocycles. The molecule has 0 fully saturated rings. The second kappa shape index (κ2) is 6.19. The van der Waals surface area contributed by atoms with Crippen LogP contribution in [0.4, 0.5) is 5.82 Å². The van der Waals surface area contributed by atoms with Crippen LogP contribution in [0.5, 0.6) is 0 Å². The van der Waals surface area contributed by atoms with Gasteiger partial charge in [0.2, 0.25) is 0 Å².